The number of carbonyl (C=O) groups is 3. The topological polar surface area (TPSA) is 131 Å². The van der Waals surface area contributed by atoms with Gasteiger partial charge in [-0.15, -0.1) is 0 Å². The van der Waals surface area contributed by atoms with Gasteiger partial charge in [0.1, 0.15) is 12.1 Å². The van der Waals surface area contributed by atoms with Gasteiger partial charge in [-0.2, -0.15) is 0 Å². The fourth-order valence-corrected chi connectivity index (χ4v) is 6.03. The molecule has 1 aromatic carbocycles. The van der Waals surface area contributed by atoms with Gasteiger partial charge in [0.05, 0.1) is 13.2 Å². The Morgan fingerprint density at radius 2 is 1.65 bits per heavy atom. The molecule has 0 spiro atoms. The first-order valence-electron chi connectivity index (χ1n) is 15.2. The molecule has 7 atom stereocenters. The minimum atomic E-state index is -0.772. The summed E-state index contributed by atoms with van der Waals surface area (Å²) < 4.78 is 4.84. The first kappa shape index (κ1) is 33.8. The van der Waals surface area contributed by atoms with Crippen molar-refractivity contribution in [2.45, 2.75) is 116 Å². The Bertz CT molecular complexity index is 922. The largest absolute Gasteiger partial charge is 0.467 e. The van der Waals surface area contributed by atoms with Crippen LogP contribution in [-0.4, -0.2) is 54.2 Å². The molecule has 1 aliphatic carbocycles. The van der Waals surface area contributed by atoms with Crippen LogP contribution in [0, 0.1) is 23.7 Å². The highest BCUT2D eigenvalue weighted by molar-refractivity contribution is 5.91. The maximum Gasteiger partial charge on any atom is 0.328 e. The van der Waals surface area contributed by atoms with Crippen molar-refractivity contribution in [3.05, 3.63) is 35.9 Å². The van der Waals surface area contributed by atoms with Gasteiger partial charge in [-0.1, -0.05) is 84.2 Å². The molecule has 226 valence electrons. The second kappa shape index (κ2) is 16.7. The van der Waals surface area contributed by atoms with E-state index in [1.807, 2.05) is 45.9 Å². The van der Waals surface area contributed by atoms with Crippen LogP contribution in [0.3, 0.4) is 0 Å². The summed E-state index contributed by atoms with van der Waals surface area (Å²) in [4.78, 5) is 38.6. The molecule has 0 radical (unpaired) electrons. The maximum absolute atomic E-state index is 13.4. The molecule has 0 saturated heterocycles. The van der Waals surface area contributed by atoms with Gasteiger partial charge in [0.15, 0.2) is 0 Å². The molecule has 1 aromatic rings. The summed E-state index contributed by atoms with van der Waals surface area (Å²) in [6, 6.07) is 8.32. The Hall–Kier alpha value is -2.45. The van der Waals surface area contributed by atoms with Gasteiger partial charge >= 0.3 is 5.97 Å². The van der Waals surface area contributed by atoms with E-state index in [2.05, 4.69) is 29.7 Å². The van der Waals surface area contributed by atoms with Crippen molar-refractivity contribution in [1.29, 1.82) is 0 Å². The summed E-state index contributed by atoms with van der Waals surface area (Å²) in [6.07, 6.45) is 6.25. The lowest BCUT2D eigenvalue weighted by atomic mass is 9.83. The summed E-state index contributed by atoms with van der Waals surface area (Å²) >= 11 is 0. The fourth-order valence-electron chi connectivity index (χ4n) is 6.03. The van der Waals surface area contributed by atoms with E-state index in [1.165, 1.54) is 12.7 Å². The number of benzene rings is 1. The lowest BCUT2D eigenvalue weighted by Gasteiger charge is -2.29. The van der Waals surface area contributed by atoms with Crippen molar-refractivity contribution in [2.75, 3.05) is 7.11 Å². The number of rotatable bonds is 16. The lowest BCUT2D eigenvalue weighted by Crippen LogP contribution is -2.56. The van der Waals surface area contributed by atoms with Crippen molar-refractivity contribution in [3.8, 4) is 0 Å². The molecule has 1 saturated carbocycles. The summed E-state index contributed by atoms with van der Waals surface area (Å²) in [5.74, 6) is -1.13. The summed E-state index contributed by atoms with van der Waals surface area (Å²) in [5.41, 5.74) is 7.73. The standard InChI is InChI=1S/C32H53N3O5/c1-7-13-24(22-14-9-8-10-15-22)27(33)26(36)19-12-17-23-16-11-18-25(23)30(37)34-28(20(2)3)31(38)35-29(21(4)5)32(39)40-6/h8-10,14-15,20-21,23-29,36H,7,11-13,16-19,33H2,1-6H3,(H,34,37)(H,35,38)/t23?,24?,25-,26+,27+,28-,29+/m1/s1. The quantitative estimate of drug-likeness (QED) is 0.223. The second-order valence-electron chi connectivity index (χ2n) is 12.2. The van der Waals surface area contributed by atoms with Gasteiger partial charge in [-0.05, 0) is 55.4 Å². The maximum atomic E-state index is 13.4. The average molecular weight is 560 g/mol. The Kier molecular flexibility index (Phi) is 14.1. The number of hydrogen-bond donors (Lipinski definition) is 4. The highest BCUT2D eigenvalue weighted by Gasteiger charge is 2.37. The summed E-state index contributed by atoms with van der Waals surface area (Å²) in [5, 5.41) is 16.7. The van der Waals surface area contributed by atoms with Crippen LogP contribution in [0.2, 0.25) is 0 Å². The van der Waals surface area contributed by atoms with Crippen molar-refractivity contribution in [3.63, 3.8) is 0 Å². The molecular formula is C32H53N3O5. The third kappa shape index (κ3) is 9.58. The van der Waals surface area contributed by atoms with Gasteiger partial charge in [0, 0.05) is 17.9 Å². The number of carbonyl (C=O) groups excluding carboxylic acids is 3. The molecule has 8 nitrogen and oxygen atoms in total. The minimum absolute atomic E-state index is 0.111. The number of hydrogen-bond acceptors (Lipinski definition) is 6. The third-order valence-corrected chi connectivity index (χ3v) is 8.47. The zero-order valence-electron chi connectivity index (χ0n) is 25.4. The Morgan fingerprint density at radius 1 is 1.00 bits per heavy atom. The Morgan fingerprint density at radius 3 is 2.23 bits per heavy atom. The molecule has 40 heavy (non-hydrogen) atoms. The summed E-state index contributed by atoms with van der Waals surface area (Å²) in [7, 11) is 1.30. The molecule has 0 aliphatic heterocycles. The number of aliphatic hydroxyl groups is 1. The normalized spacial score (nSPS) is 20.9. The number of methoxy groups -OCH3 is 1. The molecule has 8 heteroatoms. The van der Waals surface area contributed by atoms with Crippen LogP contribution in [0.25, 0.3) is 0 Å². The third-order valence-electron chi connectivity index (χ3n) is 8.47. The van der Waals surface area contributed by atoms with E-state index in [1.54, 1.807) is 0 Å². The van der Waals surface area contributed by atoms with Crippen LogP contribution in [0.1, 0.15) is 97.5 Å². The van der Waals surface area contributed by atoms with Gasteiger partial charge < -0.3 is 26.2 Å². The van der Waals surface area contributed by atoms with Crippen molar-refractivity contribution < 1.29 is 24.2 Å². The minimum Gasteiger partial charge on any atom is -0.467 e. The highest BCUT2D eigenvalue weighted by Crippen LogP contribution is 2.36. The molecule has 2 rings (SSSR count). The number of amides is 2. The van der Waals surface area contributed by atoms with E-state index in [9.17, 15) is 19.5 Å². The van der Waals surface area contributed by atoms with Crippen LogP contribution in [0.15, 0.2) is 30.3 Å². The van der Waals surface area contributed by atoms with Crippen molar-refractivity contribution in [1.82, 2.24) is 10.6 Å². The van der Waals surface area contributed by atoms with Crippen LogP contribution < -0.4 is 16.4 Å². The number of nitrogens with two attached hydrogens (primary N) is 1. The number of nitrogens with one attached hydrogen (secondary N) is 2. The predicted molar refractivity (Wildman–Crippen MR) is 158 cm³/mol. The Balaban J connectivity index is 1.95. The van der Waals surface area contributed by atoms with E-state index in [4.69, 9.17) is 10.5 Å². The Labute approximate surface area is 241 Å². The zero-order valence-corrected chi connectivity index (χ0v) is 25.4. The molecule has 0 heterocycles. The van der Waals surface area contributed by atoms with Crippen LogP contribution in [0.4, 0.5) is 0 Å². The monoisotopic (exact) mass is 559 g/mol. The molecule has 5 N–H and O–H groups in total. The molecule has 2 unspecified atom stereocenters. The number of esters is 1. The highest BCUT2D eigenvalue weighted by atomic mass is 16.5. The molecule has 0 aromatic heterocycles. The number of ether oxygens (including phenoxy) is 1. The van der Waals surface area contributed by atoms with Crippen molar-refractivity contribution >= 4 is 17.8 Å². The van der Waals surface area contributed by atoms with E-state index in [-0.39, 0.29) is 47.4 Å². The zero-order chi connectivity index (χ0) is 29.8. The fraction of sp³-hybridized carbons (Fsp3) is 0.719. The van der Waals surface area contributed by atoms with Crippen molar-refractivity contribution in [2.24, 2.45) is 29.4 Å². The molecular weight excluding hydrogens is 506 g/mol. The smallest absolute Gasteiger partial charge is 0.328 e. The predicted octanol–water partition coefficient (Wildman–Crippen LogP) is 4.30. The van der Waals surface area contributed by atoms with Gasteiger partial charge in [-0.3, -0.25) is 9.59 Å². The van der Waals surface area contributed by atoms with Gasteiger partial charge in [0.2, 0.25) is 11.8 Å². The van der Waals surface area contributed by atoms with Crippen LogP contribution in [0.5, 0.6) is 0 Å². The van der Waals surface area contributed by atoms with Crippen LogP contribution in [-0.2, 0) is 19.1 Å². The molecule has 1 fully saturated rings. The molecule has 2 amide bonds. The SMILES string of the molecule is CCCC(c1ccccc1)[C@H](N)[C@@H](O)CCCC1CCC[C@H]1C(=O)N[C@@H](C(=O)N[C@H](C(=O)OC)C(C)C)C(C)C. The van der Waals surface area contributed by atoms with E-state index >= 15 is 0 Å². The molecule has 0 bridgehead atoms. The second-order valence-corrected chi connectivity index (χ2v) is 12.2. The van der Waals surface area contributed by atoms with Gasteiger partial charge in [-0.25, -0.2) is 4.79 Å². The summed E-state index contributed by atoms with van der Waals surface area (Å²) in [6.45, 7) is 9.57. The van der Waals surface area contributed by atoms with E-state index in [0.717, 1.165) is 44.9 Å². The number of aliphatic hydroxyl groups excluding tert-OH is 1. The van der Waals surface area contributed by atoms with Gasteiger partial charge in [0.25, 0.3) is 0 Å². The molecule has 1 aliphatic rings. The first-order valence-corrected chi connectivity index (χ1v) is 15.2. The van der Waals surface area contributed by atoms with Crippen LogP contribution >= 0.6 is 0 Å². The lowest BCUT2D eigenvalue weighted by molar-refractivity contribution is -0.147. The van der Waals surface area contributed by atoms with E-state index in [0.29, 0.717) is 6.42 Å². The first-order chi connectivity index (χ1) is 19.0. The average Bonchev–Trinajstić information content (AvgIpc) is 3.41. The van der Waals surface area contributed by atoms with E-state index < -0.39 is 24.2 Å².